The Kier molecular flexibility index (Phi) is 7.07. The Morgan fingerprint density at radius 1 is 1.17 bits per heavy atom. The number of Topliss-reactive ketones (excluding diaryl/α,β-unsaturated/α-hetero) is 1. The fraction of sp³-hybridized carbons (Fsp3) is 0.467. The number of carbonyl (C=O) groups is 2. The van der Waals surface area contributed by atoms with E-state index in [1.54, 1.807) is 6.07 Å². The maximum Gasteiger partial charge on any atom is 0.371 e. The molecule has 2 unspecified atom stereocenters. The number of rotatable bonds is 8. The van der Waals surface area contributed by atoms with Crippen molar-refractivity contribution < 1.29 is 23.8 Å². The highest BCUT2D eigenvalue weighted by Crippen LogP contribution is 2.35. The average molecular weight is 477 g/mol. The third kappa shape index (κ3) is 5.29. The second-order valence-electron chi connectivity index (χ2n) is 10.7. The maximum absolute atomic E-state index is 12.8. The summed E-state index contributed by atoms with van der Waals surface area (Å²) in [5, 5.41) is 10.1. The number of ether oxygens (including phenoxy) is 1. The van der Waals surface area contributed by atoms with Gasteiger partial charge in [0.1, 0.15) is 11.3 Å². The van der Waals surface area contributed by atoms with Crippen LogP contribution in [0.5, 0.6) is 5.75 Å². The van der Waals surface area contributed by atoms with Crippen molar-refractivity contribution in [2.24, 2.45) is 5.41 Å². The van der Waals surface area contributed by atoms with Gasteiger partial charge in [0.05, 0.1) is 0 Å². The fourth-order valence-corrected chi connectivity index (χ4v) is 5.33. The highest BCUT2D eigenvalue weighted by atomic mass is 16.5. The molecule has 5 nitrogen and oxygen atoms in total. The Morgan fingerprint density at radius 2 is 1.94 bits per heavy atom. The molecule has 3 aromatic rings. The molecular formula is C30H36O5. The fourth-order valence-electron chi connectivity index (χ4n) is 5.33. The first-order chi connectivity index (χ1) is 16.6. The third-order valence-corrected chi connectivity index (χ3v) is 7.52. The lowest BCUT2D eigenvalue weighted by Crippen LogP contribution is -2.42. The summed E-state index contributed by atoms with van der Waals surface area (Å²) in [5.74, 6) is 0.295. The molecule has 5 heteroatoms. The van der Waals surface area contributed by atoms with E-state index < -0.39 is 5.97 Å². The van der Waals surface area contributed by atoms with Crippen molar-refractivity contribution >= 4 is 22.7 Å². The molecule has 1 fully saturated rings. The summed E-state index contributed by atoms with van der Waals surface area (Å²) in [6.07, 6.45) is 5.29. The number of benzene rings is 2. The predicted octanol–water partition coefficient (Wildman–Crippen LogP) is 7.40. The number of hydrogen-bond acceptors (Lipinski definition) is 4. The van der Waals surface area contributed by atoms with Crippen LogP contribution in [0.3, 0.4) is 0 Å². The second-order valence-corrected chi connectivity index (χ2v) is 10.7. The smallest absolute Gasteiger partial charge is 0.371 e. The molecule has 35 heavy (non-hydrogen) atoms. The van der Waals surface area contributed by atoms with E-state index in [2.05, 4.69) is 31.2 Å². The Balaban J connectivity index is 1.45. The molecule has 2 aromatic carbocycles. The van der Waals surface area contributed by atoms with Crippen LogP contribution in [0.25, 0.3) is 11.0 Å². The Labute approximate surface area is 207 Å². The van der Waals surface area contributed by atoms with Crippen molar-refractivity contribution in [3.05, 3.63) is 64.4 Å². The summed E-state index contributed by atoms with van der Waals surface area (Å²) >= 11 is 0. The molecule has 1 aliphatic carbocycles. The van der Waals surface area contributed by atoms with E-state index in [0.29, 0.717) is 11.5 Å². The summed E-state index contributed by atoms with van der Waals surface area (Å²) in [7, 11) is 0. The topological polar surface area (TPSA) is 76.7 Å². The monoisotopic (exact) mass is 476 g/mol. The molecule has 1 saturated carbocycles. The number of furan rings is 1. The van der Waals surface area contributed by atoms with Crippen LogP contribution < -0.4 is 4.74 Å². The molecule has 0 amide bonds. The van der Waals surface area contributed by atoms with Gasteiger partial charge in [-0.25, -0.2) is 4.79 Å². The van der Waals surface area contributed by atoms with E-state index in [9.17, 15) is 14.7 Å². The van der Waals surface area contributed by atoms with Crippen LogP contribution in [0.4, 0.5) is 0 Å². The van der Waals surface area contributed by atoms with E-state index in [0.717, 1.165) is 60.8 Å². The molecule has 0 bridgehead atoms. The number of carbonyl (C=O) groups excluding carboxylic acids is 1. The van der Waals surface area contributed by atoms with E-state index in [-0.39, 0.29) is 23.1 Å². The zero-order valence-electron chi connectivity index (χ0n) is 21.4. The van der Waals surface area contributed by atoms with E-state index in [1.807, 2.05) is 33.8 Å². The van der Waals surface area contributed by atoms with Crippen molar-refractivity contribution in [2.75, 3.05) is 0 Å². The predicted molar refractivity (Wildman–Crippen MR) is 137 cm³/mol. The van der Waals surface area contributed by atoms with Gasteiger partial charge in [0.15, 0.2) is 11.9 Å². The number of fused-ring (bicyclic) bond motifs is 1. The van der Waals surface area contributed by atoms with Crippen molar-refractivity contribution in [3.63, 3.8) is 0 Å². The summed E-state index contributed by atoms with van der Waals surface area (Å²) in [6.45, 7) is 10.2. The van der Waals surface area contributed by atoms with Crippen LogP contribution in [-0.4, -0.2) is 23.0 Å². The third-order valence-electron chi connectivity index (χ3n) is 7.52. The van der Waals surface area contributed by atoms with Crippen molar-refractivity contribution in [3.8, 4) is 5.75 Å². The van der Waals surface area contributed by atoms with Gasteiger partial charge in [-0.05, 0) is 98.7 Å². The number of aromatic carboxylic acids is 1. The zero-order chi connectivity index (χ0) is 25.3. The summed E-state index contributed by atoms with van der Waals surface area (Å²) < 4.78 is 11.7. The number of carboxylic acid groups (broad SMARTS) is 1. The van der Waals surface area contributed by atoms with E-state index in [1.165, 1.54) is 11.1 Å². The number of hydrogen-bond donors (Lipinski definition) is 1. The molecule has 4 rings (SSSR count). The largest absolute Gasteiger partial charge is 0.482 e. The molecule has 1 heterocycles. The second kappa shape index (κ2) is 9.88. The van der Waals surface area contributed by atoms with Crippen molar-refractivity contribution in [1.29, 1.82) is 0 Å². The molecular weight excluding hydrogens is 440 g/mol. The van der Waals surface area contributed by atoms with Crippen LogP contribution in [0.15, 0.2) is 40.8 Å². The van der Waals surface area contributed by atoms with Crippen LogP contribution in [0.2, 0.25) is 0 Å². The van der Waals surface area contributed by atoms with Gasteiger partial charge >= 0.3 is 5.97 Å². The van der Waals surface area contributed by atoms with Crippen LogP contribution in [0.1, 0.15) is 91.6 Å². The summed E-state index contributed by atoms with van der Waals surface area (Å²) in [6, 6.07) is 12.1. The average Bonchev–Trinajstić information content (AvgIpc) is 3.24. The van der Waals surface area contributed by atoms with Crippen LogP contribution >= 0.6 is 0 Å². The lowest BCUT2D eigenvalue weighted by molar-refractivity contribution is -0.137. The molecule has 0 radical (unpaired) electrons. The molecule has 2 atom stereocenters. The van der Waals surface area contributed by atoms with Crippen molar-refractivity contribution in [1.82, 2.24) is 0 Å². The van der Waals surface area contributed by atoms with E-state index in [4.69, 9.17) is 9.15 Å². The van der Waals surface area contributed by atoms with Gasteiger partial charge < -0.3 is 14.3 Å². The summed E-state index contributed by atoms with van der Waals surface area (Å²) in [4.78, 5) is 24.1. The minimum absolute atomic E-state index is 0.0235. The van der Waals surface area contributed by atoms with Gasteiger partial charge in [0, 0.05) is 10.8 Å². The van der Waals surface area contributed by atoms with Gasteiger partial charge in [-0.1, -0.05) is 39.0 Å². The number of aryl methyl sites for hydroxylation is 3. The van der Waals surface area contributed by atoms with Crippen LogP contribution in [0, 0.1) is 19.3 Å². The number of carboxylic acids is 1. The molecule has 0 spiro atoms. The molecule has 1 N–H and O–H groups in total. The first-order valence-electron chi connectivity index (χ1n) is 12.7. The molecule has 1 aliphatic rings. The molecule has 186 valence electrons. The Hall–Kier alpha value is -3.08. The molecule has 0 saturated heterocycles. The van der Waals surface area contributed by atoms with E-state index >= 15 is 0 Å². The van der Waals surface area contributed by atoms with Crippen LogP contribution in [-0.2, 0) is 11.2 Å². The number of ketones is 1. The maximum atomic E-state index is 12.8. The lowest BCUT2D eigenvalue weighted by Gasteiger charge is -2.33. The zero-order valence-corrected chi connectivity index (χ0v) is 21.4. The molecule has 1 aromatic heterocycles. The Morgan fingerprint density at radius 3 is 2.63 bits per heavy atom. The van der Waals surface area contributed by atoms with Gasteiger partial charge in [0.2, 0.25) is 5.76 Å². The quantitative estimate of drug-likeness (QED) is 0.366. The minimum Gasteiger partial charge on any atom is -0.482 e. The van der Waals surface area contributed by atoms with Gasteiger partial charge in [-0.3, -0.25) is 4.79 Å². The Bertz CT molecular complexity index is 1250. The first kappa shape index (κ1) is 25.0. The summed E-state index contributed by atoms with van der Waals surface area (Å²) in [5.41, 5.74) is 4.82. The van der Waals surface area contributed by atoms with Gasteiger partial charge in [-0.15, -0.1) is 0 Å². The van der Waals surface area contributed by atoms with Gasteiger partial charge in [-0.2, -0.15) is 0 Å². The highest BCUT2D eigenvalue weighted by Gasteiger charge is 2.38. The standard InChI is InChI=1S/C30H36O5/c1-6-21(22-15-19(3)27-23(16-22)17-26(35-27)29(32)33)11-9-20-10-12-24(18(2)14-20)34-25-8-7-13-30(4,5)28(25)31/h10,12,14-17,21,25H,6-9,11,13H2,1-5H3,(H,32,33). The first-order valence-corrected chi connectivity index (χ1v) is 12.7. The molecule has 0 aliphatic heterocycles. The lowest BCUT2D eigenvalue weighted by atomic mass is 9.75. The SMILES string of the molecule is CCC(CCc1ccc(OC2CCCC(C)(C)C2=O)c(C)c1)c1cc(C)c2oc(C(=O)O)cc2c1. The highest BCUT2D eigenvalue weighted by molar-refractivity contribution is 5.92. The minimum atomic E-state index is -1.05. The van der Waals surface area contributed by atoms with Gasteiger partial charge in [0.25, 0.3) is 0 Å². The normalized spacial score (nSPS) is 18.5. The van der Waals surface area contributed by atoms with Crippen molar-refractivity contribution in [2.45, 2.75) is 85.2 Å².